The van der Waals surface area contributed by atoms with Crippen LogP contribution in [0.1, 0.15) is 32.7 Å². The van der Waals surface area contributed by atoms with E-state index >= 15 is 0 Å². The molecule has 2 amide bonds. The maximum Gasteiger partial charge on any atom is 0.335 e. The first kappa shape index (κ1) is 20.0. The van der Waals surface area contributed by atoms with Crippen molar-refractivity contribution in [1.82, 2.24) is 4.90 Å². The van der Waals surface area contributed by atoms with Gasteiger partial charge in [0.05, 0.1) is 18.4 Å². The number of nitrogens with one attached hydrogen (secondary N) is 1. The first-order chi connectivity index (χ1) is 12.8. The first-order valence-electron chi connectivity index (χ1n) is 8.34. The fourth-order valence-electron chi connectivity index (χ4n) is 2.60. The summed E-state index contributed by atoms with van der Waals surface area (Å²) >= 11 is 0. The standard InChI is InChI=1S/C20H22N2O5/c1-22(2)19(24)14-8-10-17(27-3)16(12-14)21-18(23)11-9-13-6-4-5-7-15(13)20(25)26/h4-8,10,12H,9,11H2,1-3H3,(H,21,23)(H,25,26). The van der Waals surface area contributed by atoms with Gasteiger partial charge in [0.15, 0.2) is 0 Å². The Balaban J connectivity index is 2.12. The van der Waals surface area contributed by atoms with E-state index in [4.69, 9.17) is 4.74 Å². The Bertz CT molecular complexity index is 861. The van der Waals surface area contributed by atoms with Crippen LogP contribution in [0.5, 0.6) is 5.75 Å². The largest absolute Gasteiger partial charge is 0.495 e. The predicted molar refractivity (Wildman–Crippen MR) is 101 cm³/mol. The molecule has 7 heteroatoms. The van der Waals surface area contributed by atoms with E-state index in [9.17, 15) is 19.5 Å². The molecule has 0 aliphatic heterocycles. The van der Waals surface area contributed by atoms with E-state index in [0.29, 0.717) is 22.6 Å². The number of carbonyl (C=O) groups is 3. The number of carboxylic acids is 1. The van der Waals surface area contributed by atoms with E-state index in [2.05, 4.69) is 5.32 Å². The van der Waals surface area contributed by atoms with Gasteiger partial charge in [-0.3, -0.25) is 9.59 Å². The Hall–Kier alpha value is -3.35. The van der Waals surface area contributed by atoms with Crippen LogP contribution >= 0.6 is 0 Å². The molecule has 0 radical (unpaired) electrons. The molecular weight excluding hydrogens is 348 g/mol. The summed E-state index contributed by atoms with van der Waals surface area (Å²) in [5.74, 6) is -1.08. The number of nitrogens with zero attached hydrogens (tertiary/aromatic N) is 1. The smallest absolute Gasteiger partial charge is 0.335 e. The van der Waals surface area contributed by atoms with Crippen LogP contribution in [0.15, 0.2) is 42.5 Å². The number of hydrogen-bond donors (Lipinski definition) is 2. The highest BCUT2D eigenvalue weighted by Gasteiger charge is 2.15. The van der Waals surface area contributed by atoms with Crippen molar-refractivity contribution in [2.75, 3.05) is 26.5 Å². The lowest BCUT2D eigenvalue weighted by molar-refractivity contribution is -0.116. The highest BCUT2D eigenvalue weighted by molar-refractivity contribution is 5.98. The third-order valence-electron chi connectivity index (χ3n) is 4.00. The monoisotopic (exact) mass is 370 g/mol. The summed E-state index contributed by atoms with van der Waals surface area (Å²) < 4.78 is 5.24. The minimum Gasteiger partial charge on any atom is -0.495 e. The number of amides is 2. The normalized spacial score (nSPS) is 10.2. The van der Waals surface area contributed by atoms with Crippen molar-refractivity contribution in [2.24, 2.45) is 0 Å². The molecule has 27 heavy (non-hydrogen) atoms. The molecule has 2 rings (SSSR count). The molecule has 0 spiro atoms. The maximum atomic E-state index is 12.3. The summed E-state index contributed by atoms with van der Waals surface area (Å²) in [6, 6.07) is 11.4. The highest BCUT2D eigenvalue weighted by Crippen LogP contribution is 2.26. The molecular formula is C20H22N2O5. The molecule has 0 bridgehead atoms. The van der Waals surface area contributed by atoms with Gasteiger partial charge >= 0.3 is 5.97 Å². The van der Waals surface area contributed by atoms with Gasteiger partial charge in [0.2, 0.25) is 5.91 Å². The molecule has 2 aromatic carbocycles. The van der Waals surface area contributed by atoms with E-state index in [1.807, 2.05) is 0 Å². The third-order valence-corrected chi connectivity index (χ3v) is 4.00. The number of anilines is 1. The summed E-state index contributed by atoms with van der Waals surface area (Å²) in [6.07, 6.45) is 0.381. The molecule has 0 saturated carbocycles. The average molecular weight is 370 g/mol. The van der Waals surface area contributed by atoms with Gasteiger partial charge in [0.25, 0.3) is 5.91 Å². The minimum absolute atomic E-state index is 0.0965. The van der Waals surface area contributed by atoms with Crippen molar-refractivity contribution in [3.63, 3.8) is 0 Å². The lowest BCUT2D eigenvalue weighted by Crippen LogP contribution is -2.22. The molecule has 2 aromatic rings. The summed E-state index contributed by atoms with van der Waals surface area (Å²) in [4.78, 5) is 37.1. The maximum absolute atomic E-state index is 12.3. The molecule has 0 saturated heterocycles. The van der Waals surface area contributed by atoms with Crippen LogP contribution in [0.25, 0.3) is 0 Å². The topological polar surface area (TPSA) is 95.9 Å². The molecule has 0 aliphatic carbocycles. The van der Waals surface area contributed by atoms with Crippen LogP contribution in [0.3, 0.4) is 0 Å². The zero-order valence-electron chi connectivity index (χ0n) is 15.5. The molecule has 0 unspecified atom stereocenters. The van der Waals surface area contributed by atoms with Crippen molar-refractivity contribution in [2.45, 2.75) is 12.8 Å². The van der Waals surface area contributed by atoms with Gasteiger partial charge in [-0.25, -0.2) is 4.79 Å². The van der Waals surface area contributed by atoms with E-state index in [0.717, 1.165) is 0 Å². The molecule has 0 atom stereocenters. The van der Waals surface area contributed by atoms with Gasteiger partial charge in [-0.05, 0) is 36.2 Å². The minimum atomic E-state index is -1.03. The van der Waals surface area contributed by atoms with Gasteiger partial charge in [-0.1, -0.05) is 18.2 Å². The number of rotatable bonds is 7. The zero-order valence-corrected chi connectivity index (χ0v) is 15.5. The second-order valence-corrected chi connectivity index (χ2v) is 6.13. The predicted octanol–water partition coefficient (Wildman–Crippen LogP) is 2.67. The molecule has 0 aromatic heterocycles. The van der Waals surface area contributed by atoms with Crippen LogP contribution in [-0.4, -0.2) is 49.0 Å². The van der Waals surface area contributed by atoms with Crippen LogP contribution < -0.4 is 10.1 Å². The Kier molecular flexibility index (Phi) is 6.54. The van der Waals surface area contributed by atoms with Gasteiger partial charge in [-0.15, -0.1) is 0 Å². The third kappa shape index (κ3) is 5.07. The Morgan fingerprint density at radius 3 is 2.44 bits per heavy atom. The van der Waals surface area contributed by atoms with Crippen molar-refractivity contribution in [3.05, 3.63) is 59.2 Å². The Labute approximate surface area is 157 Å². The molecule has 2 N–H and O–H groups in total. The molecule has 0 heterocycles. The number of carbonyl (C=O) groups excluding carboxylic acids is 2. The zero-order chi connectivity index (χ0) is 20.0. The summed E-state index contributed by atoms with van der Waals surface area (Å²) in [7, 11) is 4.76. The first-order valence-corrected chi connectivity index (χ1v) is 8.34. The van der Waals surface area contributed by atoms with E-state index in [1.54, 1.807) is 50.5 Å². The van der Waals surface area contributed by atoms with Crippen LogP contribution in [0.4, 0.5) is 5.69 Å². The second-order valence-electron chi connectivity index (χ2n) is 6.13. The Morgan fingerprint density at radius 2 is 1.81 bits per heavy atom. The van der Waals surface area contributed by atoms with Crippen LogP contribution in [-0.2, 0) is 11.2 Å². The quantitative estimate of drug-likeness (QED) is 0.781. The number of aromatic carboxylic acids is 1. The lowest BCUT2D eigenvalue weighted by atomic mass is 10.0. The van der Waals surface area contributed by atoms with Gasteiger partial charge < -0.3 is 20.1 Å². The van der Waals surface area contributed by atoms with E-state index in [1.165, 1.54) is 18.1 Å². The van der Waals surface area contributed by atoms with Crippen molar-refractivity contribution >= 4 is 23.5 Å². The molecule has 142 valence electrons. The SMILES string of the molecule is COc1ccc(C(=O)N(C)C)cc1NC(=O)CCc1ccccc1C(=O)O. The Morgan fingerprint density at radius 1 is 1.11 bits per heavy atom. The number of benzene rings is 2. The van der Waals surface area contributed by atoms with E-state index in [-0.39, 0.29) is 30.2 Å². The number of methoxy groups -OCH3 is 1. The summed E-state index contributed by atoms with van der Waals surface area (Å²) in [5.41, 5.74) is 1.58. The number of aryl methyl sites for hydroxylation is 1. The second kappa shape index (κ2) is 8.84. The molecule has 0 fully saturated rings. The van der Waals surface area contributed by atoms with Crippen LogP contribution in [0, 0.1) is 0 Å². The summed E-state index contributed by atoms with van der Waals surface area (Å²) in [6.45, 7) is 0. The number of ether oxygens (including phenoxy) is 1. The van der Waals surface area contributed by atoms with Gasteiger partial charge in [0, 0.05) is 26.1 Å². The fraction of sp³-hybridized carbons (Fsp3) is 0.250. The molecule has 0 aliphatic rings. The lowest BCUT2D eigenvalue weighted by Gasteiger charge is -2.14. The highest BCUT2D eigenvalue weighted by atomic mass is 16.5. The van der Waals surface area contributed by atoms with Crippen molar-refractivity contribution < 1.29 is 24.2 Å². The van der Waals surface area contributed by atoms with E-state index < -0.39 is 5.97 Å². The fourth-order valence-corrected chi connectivity index (χ4v) is 2.60. The molecule has 7 nitrogen and oxygen atoms in total. The van der Waals surface area contributed by atoms with Gasteiger partial charge in [0.1, 0.15) is 5.75 Å². The van der Waals surface area contributed by atoms with Crippen LogP contribution in [0.2, 0.25) is 0 Å². The summed E-state index contributed by atoms with van der Waals surface area (Å²) in [5, 5.41) is 11.9. The van der Waals surface area contributed by atoms with Gasteiger partial charge in [-0.2, -0.15) is 0 Å². The number of hydrogen-bond acceptors (Lipinski definition) is 4. The average Bonchev–Trinajstić information content (AvgIpc) is 2.65. The number of carboxylic acid groups (broad SMARTS) is 1. The van der Waals surface area contributed by atoms with Crippen molar-refractivity contribution in [3.8, 4) is 5.75 Å². The van der Waals surface area contributed by atoms with Crippen molar-refractivity contribution in [1.29, 1.82) is 0 Å².